The minimum atomic E-state index is 0.115. The molecule has 0 N–H and O–H groups in total. The number of carbonyl (C=O) groups is 1. The van der Waals surface area contributed by atoms with Crippen molar-refractivity contribution < 1.29 is 4.79 Å². The third-order valence-corrected chi connectivity index (χ3v) is 5.58. The van der Waals surface area contributed by atoms with Crippen molar-refractivity contribution in [3.63, 3.8) is 0 Å². The predicted octanol–water partition coefficient (Wildman–Crippen LogP) is 3.37. The van der Waals surface area contributed by atoms with Gasteiger partial charge in [-0.15, -0.1) is 11.7 Å². The van der Waals surface area contributed by atoms with E-state index >= 15 is 0 Å². The number of tetrazole rings is 1. The lowest BCUT2D eigenvalue weighted by molar-refractivity contribution is 0.102. The van der Waals surface area contributed by atoms with Crippen molar-refractivity contribution in [2.24, 2.45) is 0 Å². The Morgan fingerprint density at radius 2 is 2.17 bits per heavy atom. The van der Waals surface area contributed by atoms with Crippen LogP contribution in [0.3, 0.4) is 0 Å². The van der Waals surface area contributed by atoms with Crippen LogP contribution in [0.4, 0.5) is 0 Å². The van der Waals surface area contributed by atoms with Gasteiger partial charge in [-0.25, -0.2) is 4.68 Å². The van der Waals surface area contributed by atoms with Crippen molar-refractivity contribution in [2.45, 2.75) is 57.3 Å². The molecular formula is C17H23N5OS. The number of aromatic nitrogens is 5. The number of nitrogens with zero attached hydrogens (tertiary/aromatic N) is 5. The Kier molecular flexibility index (Phi) is 5.18. The normalized spacial score (nSPS) is 15.1. The van der Waals surface area contributed by atoms with Gasteiger partial charge in [0.2, 0.25) is 5.16 Å². The topological polar surface area (TPSA) is 65.6 Å². The van der Waals surface area contributed by atoms with Gasteiger partial charge >= 0.3 is 0 Å². The van der Waals surface area contributed by atoms with Gasteiger partial charge in [-0.3, -0.25) is 4.79 Å². The average molecular weight is 345 g/mol. The molecule has 1 aliphatic rings. The third-order valence-electron chi connectivity index (χ3n) is 4.65. The Hall–Kier alpha value is -1.89. The molecule has 0 saturated heterocycles. The van der Waals surface area contributed by atoms with Gasteiger partial charge in [-0.05, 0) is 43.2 Å². The lowest BCUT2D eigenvalue weighted by atomic mass is 10.2. The molecule has 1 saturated carbocycles. The first kappa shape index (κ1) is 17.0. The minimum absolute atomic E-state index is 0.115. The summed E-state index contributed by atoms with van der Waals surface area (Å²) < 4.78 is 4.00. The number of hydrogen-bond donors (Lipinski definition) is 0. The van der Waals surface area contributed by atoms with Crippen molar-refractivity contribution in [3.8, 4) is 0 Å². The first-order valence-corrected chi connectivity index (χ1v) is 9.32. The molecule has 0 amide bonds. The number of Topliss-reactive ketones (excluding diaryl/α,β-unsaturated/α-hetero) is 1. The summed E-state index contributed by atoms with van der Waals surface area (Å²) in [6.45, 7) is 8.49. The summed E-state index contributed by atoms with van der Waals surface area (Å²) >= 11 is 1.43. The highest BCUT2D eigenvalue weighted by Gasteiger charge is 2.23. The van der Waals surface area contributed by atoms with Gasteiger partial charge in [0.25, 0.3) is 0 Å². The highest BCUT2D eigenvalue weighted by Crippen LogP contribution is 2.31. The van der Waals surface area contributed by atoms with Crippen LogP contribution in [0.25, 0.3) is 0 Å². The van der Waals surface area contributed by atoms with Gasteiger partial charge in [0.1, 0.15) is 0 Å². The molecule has 0 unspecified atom stereocenters. The zero-order chi connectivity index (χ0) is 17.1. The van der Waals surface area contributed by atoms with Crippen LogP contribution in [-0.2, 0) is 6.54 Å². The van der Waals surface area contributed by atoms with E-state index in [0.29, 0.717) is 11.8 Å². The SMILES string of the molecule is C=CCn1c(C)cc(C(=O)CSc2nnnn2C2CCCC2)c1C. The monoisotopic (exact) mass is 345 g/mol. The van der Waals surface area contributed by atoms with Crippen LogP contribution < -0.4 is 0 Å². The van der Waals surface area contributed by atoms with Crippen molar-refractivity contribution in [2.75, 3.05) is 5.75 Å². The van der Waals surface area contributed by atoms with Gasteiger partial charge in [-0.1, -0.05) is 30.7 Å². The summed E-state index contributed by atoms with van der Waals surface area (Å²) in [5.74, 6) is 0.468. The second kappa shape index (κ2) is 7.34. The quantitative estimate of drug-likeness (QED) is 0.437. The van der Waals surface area contributed by atoms with E-state index in [4.69, 9.17) is 0 Å². The van der Waals surface area contributed by atoms with Crippen LogP contribution in [-0.4, -0.2) is 36.3 Å². The Labute approximate surface area is 146 Å². The number of hydrogen-bond acceptors (Lipinski definition) is 5. The maximum Gasteiger partial charge on any atom is 0.210 e. The smallest absolute Gasteiger partial charge is 0.210 e. The fourth-order valence-corrected chi connectivity index (χ4v) is 4.19. The molecule has 0 spiro atoms. The van der Waals surface area contributed by atoms with E-state index < -0.39 is 0 Å². The number of ketones is 1. The summed E-state index contributed by atoms with van der Waals surface area (Å²) in [5, 5.41) is 12.8. The predicted molar refractivity (Wildman–Crippen MR) is 94.5 cm³/mol. The highest BCUT2D eigenvalue weighted by molar-refractivity contribution is 7.99. The Bertz CT molecular complexity index is 742. The third kappa shape index (κ3) is 3.31. The molecule has 2 aromatic rings. The number of carbonyl (C=O) groups excluding carboxylic acids is 1. The first-order valence-electron chi connectivity index (χ1n) is 8.33. The Balaban J connectivity index is 1.69. The van der Waals surface area contributed by atoms with E-state index in [2.05, 4.69) is 26.7 Å². The highest BCUT2D eigenvalue weighted by atomic mass is 32.2. The summed E-state index contributed by atoms with van der Waals surface area (Å²) in [7, 11) is 0. The molecule has 1 aliphatic carbocycles. The molecule has 24 heavy (non-hydrogen) atoms. The zero-order valence-electron chi connectivity index (χ0n) is 14.2. The Morgan fingerprint density at radius 1 is 1.42 bits per heavy atom. The van der Waals surface area contributed by atoms with Gasteiger partial charge in [0.05, 0.1) is 11.8 Å². The summed E-state index contributed by atoms with van der Waals surface area (Å²) in [6, 6.07) is 2.34. The molecule has 0 atom stereocenters. The largest absolute Gasteiger partial charge is 0.345 e. The summed E-state index contributed by atoms with van der Waals surface area (Å²) in [6.07, 6.45) is 6.54. The van der Waals surface area contributed by atoms with Crippen molar-refractivity contribution in [1.29, 1.82) is 0 Å². The molecule has 0 aliphatic heterocycles. The first-order chi connectivity index (χ1) is 11.6. The maximum atomic E-state index is 12.6. The van der Waals surface area contributed by atoms with E-state index in [1.54, 1.807) is 0 Å². The molecule has 0 bridgehead atoms. The van der Waals surface area contributed by atoms with E-state index in [1.165, 1.54) is 24.6 Å². The van der Waals surface area contributed by atoms with Crippen molar-refractivity contribution >= 4 is 17.5 Å². The fourth-order valence-electron chi connectivity index (χ4n) is 3.36. The van der Waals surface area contributed by atoms with Crippen LogP contribution in [0.5, 0.6) is 0 Å². The Morgan fingerprint density at radius 3 is 2.88 bits per heavy atom. The molecule has 7 heteroatoms. The van der Waals surface area contributed by atoms with Gasteiger partial charge in [-0.2, -0.15) is 0 Å². The summed E-state index contributed by atoms with van der Waals surface area (Å²) in [4.78, 5) is 12.6. The zero-order valence-corrected chi connectivity index (χ0v) is 15.1. The molecule has 2 aromatic heterocycles. The molecular weight excluding hydrogens is 322 g/mol. The van der Waals surface area contributed by atoms with Crippen LogP contribution in [0.2, 0.25) is 0 Å². The molecule has 6 nitrogen and oxygen atoms in total. The lowest BCUT2D eigenvalue weighted by Crippen LogP contribution is -2.10. The molecule has 0 aromatic carbocycles. The van der Waals surface area contributed by atoms with E-state index in [9.17, 15) is 4.79 Å². The van der Waals surface area contributed by atoms with E-state index in [1.807, 2.05) is 30.7 Å². The number of thioether (sulfide) groups is 1. The molecule has 1 fully saturated rings. The maximum absolute atomic E-state index is 12.6. The lowest BCUT2D eigenvalue weighted by Gasteiger charge is -2.10. The molecule has 3 rings (SSSR count). The summed E-state index contributed by atoms with van der Waals surface area (Å²) in [5.41, 5.74) is 2.85. The van der Waals surface area contributed by atoms with Crippen LogP contribution in [0.1, 0.15) is 53.5 Å². The number of allylic oxidation sites excluding steroid dienone is 1. The fraction of sp³-hybridized carbons (Fsp3) is 0.529. The molecule has 0 radical (unpaired) electrons. The van der Waals surface area contributed by atoms with E-state index in [-0.39, 0.29) is 5.78 Å². The van der Waals surface area contributed by atoms with Crippen LogP contribution in [0.15, 0.2) is 23.9 Å². The average Bonchev–Trinajstić information content (AvgIpc) is 3.28. The van der Waals surface area contributed by atoms with Crippen molar-refractivity contribution in [3.05, 3.63) is 35.7 Å². The minimum Gasteiger partial charge on any atom is -0.345 e. The standard InChI is InChI=1S/C17H23N5OS/c1-4-9-21-12(2)10-15(13(21)3)16(23)11-24-17-18-19-20-22(17)14-7-5-6-8-14/h4,10,14H,1,5-9,11H2,2-3H3. The van der Waals surface area contributed by atoms with Crippen LogP contribution >= 0.6 is 11.8 Å². The van der Waals surface area contributed by atoms with E-state index in [0.717, 1.165) is 41.5 Å². The molecule has 2 heterocycles. The number of rotatable bonds is 7. The van der Waals surface area contributed by atoms with Gasteiger partial charge in [0, 0.05) is 23.5 Å². The van der Waals surface area contributed by atoms with Crippen molar-refractivity contribution in [1.82, 2.24) is 24.8 Å². The number of aryl methyl sites for hydroxylation is 1. The second-order valence-corrected chi connectivity index (χ2v) is 7.18. The van der Waals surface area contributed by atoms with Gasteiger partial charge < -0.3 is 4.57 Å². The van der Waals surface area contributed by atoms with Crippen LogP contribution in [0, 0.1) is 13.8 Å². The second-order valence-electron chi connectivity index (χ2n) is 6.24. The van der Waals surface area contributed by atoms with Gasteiger partial charge in [0.15, 0.2) is 5.78 Å². The molecule has 128 valence electrons.